The molecule has 2 aliphatic heterocycles. The molecule has 0 bridgehead atoms. The lowest BCUT2D eigenvalue weighted by atomic mass is 10.0. The van der Waals surface area contributed by atoms with Crippen LogP contribution >= 0.6 is 0 Å². The zero-order valence-corrected chi connectivity index (χ0v) is 18.0. The minimum atomic E-state index is -0.315. The minimum absolute atomic E-state index is 0.0805. The Morgan fingerprint density at radius 1 is 1.22 bits per heavy atom. The van der Waals surface area contributed by atoms with Gasteiger partial charge in [0.1, 0.15) is 35.2 Å². The second-order valence-electron chi connectivity index (χ2n) is 7.62. The summed E-state index contributed by atoms with van der Waals surface area (Å²) in [7, 11) is 1.60. The Kier molecular flexibility index (Phi) is 6.93. The van der Waals surface area contributed by atoms with E-state index in [0.717, 1.165) is 11.3 Å². The molecule has 0 aliphatic carbocycles. The van der Waals surface area contributed by atoms with Crippen LogP contribution in [-0.2, 0) is 20.9 Å². The average Bonchev–Trinajstić information content (AvgIpc) is 3.33. The first kappa shape index (κ1) is 22.1. The first-order valence-corrected chi connectivity index (χ1v) is 10.4. The van der Waals surface area contributed by atoms with E-state index in [1.165, 1.54) is 0 Å². The summed E-state index contributed by atoms with van der Waals surface area (Å²) >= 11 is 0. The van der Waals surface area contributed by atoms with Gasteiger partial charge in [-0.05, 0) is 30.7 Å². The van der Waals surface area contributed by atoms with E-state index in [1.54, 1.807) is 20.1 Å². The lowest BCUT2D eigenvalue weighted by Gasteiger charge is -2.30. The van der Waals surface area contributed by atoms with Gasteiger partial charge < -0.3 is 29.5 Å². The van der Waals surface area contributed by atoms with Gasteiger partial charge >= 0.3 is 0 Å². The molecule has 3 heterocycles. The number of nitrogens with zero attached hydrogens (tertiary/aromatic N) is 3. The van der Waals surface area contributed by atoms with Crippen LogP contribution in [0.4, 0.5) is 0 Å². The van der Waals surface area contributed by atoms with Crippen LogP contribution in [0.2, 0.25) is 0 Å². The molecular formula is C22H26N4O6. The Bertz CT molecular complexity index is 990. The Hall–Kier alpha value is -3.08. The molecule has 170 valence electrons. The molecular weight excluding hydrogens is 416 g/mol. The summed E-state index contributed by atoms with van der Waals surface area (Å²) in [6, 6.07) is 9.09. The van der Waals surface area contributed by atoms with E-state index in [0.29, 0.717) is 43.4 Å². The Morgan fingerprint density at radius 3 is 2.84 bits per heavy atom. The zero-order chi connectivity index (χ0) is 22.5. The van der Waals surface area contributed by atoms with Crippen molar-refractivity contribution < 1.29 is 28.9 Å². The maximum atomic E-state index is 12.7. The number of nitrogens with one attached hydrogen (secondary N) is 1. The molecule has 4 rings (SSSR count). The fourth-order valence-electron chi connectivity index (χ4n) is 3.51. The monoisotopic (exact) mass is 442 g/mol. The van der Waals surface area contributed by atoms with Gasteiger partial charge in [0.15, 0.2) is 6.10 Å². The highest BCUT2D eigenvalue weighted by atomic mass is 16.7. The fraction of sp³-hybridized carbons (Fsp3) is 0.455. The lowest BCUT2D eigenvalue weighted by Crippen LogP contribution is -2.43. The second-order valence-corrected chi connectivity index (χ2v) is 7.62. The average molecular weight is 442 g/mol. The third kappa shape index (κ3) is 5.21. The number of aromatic nitrogens is 2. The van der Waals surface area contributed by atoms with Crippen molar-refractivity contribution in [3.05, 3.63) is 53.1 Å². The van der Waals surface area contributed by atoms with E-state index in [9.17, 15) is 4.79 Å². The molecule has 1 saturated heterocycles. The van der Waals surface area contributed by atoms with E-state index in [2.05, 4.69) is 20.4 Å². The molecule has 0 radical (unpaired) electrons. The molecule has 1 amide bonds. The zero-order valence-electron chi connectivity index (χ0n) is 18.0. The summed E-state index contributed by atoms with van der Waals surface area (Å²) in [5.41, 5.74) is 2.33. The molecule has 1 aromatic carbocycles. The molecule has 2 aromatic rings. The van der Waals surface area contributed by atoms with Crippen molar-refractivity contribution in [2.24, 2.45) is 5.16 Å². The van der Waals surface area contributed by atoms with Crippen LogP contribution in [-0.4, -0.2) is 71.9 Å². The third-order valence-electron chi connectivity index (χ3n) is 5.26. The van der Waals surface area contributed by atoms with E-state index in [-0.39, 0.29) is 36.5 Å². The van der Waals surface area contributed by atoms with Crippen molar-refractivity contribution in [3.63, 3.8) is 0 Å². The van der Waals surface area contributed by atoms with Gasteiger partial charge in [-0.1, -0.05) is 17.3 Å². The Labute approximate surface area is 185 Å². The molecule has 2 N–H and O–H groups in total. The molecule has 0 spiro atoms. The number of rotatable bonds is 7. The number of hydrogen-bond donors (Lipinski definition) is 2. The summed E-state index contributed by atoms with van der Waals surface area (Å²) in [6.45, 7) is 2.61. The van der Waals surface area contributed by atoms with Crippen LogP contribution in [0.1, 0.15) is 34.0 Å². The number of carbonyl (C=O) groups excluding carboxylic acids is 1. The van der Waals surface area contributed by atoms with E-state index in [1.807, 2.05) is 24.3 Å². The molecule has 2 aliphatic rings. The summed E-state index contributed by atoms with van der Waals surface area (Å²) in [5, 5.41) is 16.2. The smallest absolute Gasteiger partial charge is 0.270 e. The summed E-state index contributed by atoms with van der Waals surface area (Å²) < 4.78 is 16.5. The van der Waals surface area contributed by atoms with Gasteiger partial charge in [-0.2, -0.15) is 0 Å². The Balaban J connectivity index is 1.38. The van der Waals surface area contributed by atoms with Gasteiger partial charge in [-0.3, -0.25) is 4.79 Å². The number of hydrogen-bond acceptors (Lipinski definition) is 9. The molecule has 1 unspecified atom stereocenters. The second kappa shape index (κ2) is 10.0. The van der Waals surface area contributed by atoms with Gasteiger partial charge in [0.05, 0.1) is 32.6 Å². The molecule has 1 fully saturated rings. The number of aliphatic hydroxyl groups is 1. The van der Waals surface area contributed by atoms with Crippen LogP contribution < -0.4 is 10.1 Å². The molecule has 32 heavy (non-hydrogen) atoms. The number of benzene rings is 1. The van der Waals surface area contributed by atoms with Gasteiger partial charge in [0, 0.05) is 13.0 Å². The molecule has 3 atom stereocenters. The SMILES string of the molecule is COc1cccc(CNC(=O)c2cc(C3=NOC([C@H]4CO[C@H](CO)CO4)C3)nc(C)n2)c1. The number of amides is 1. The standard InChI is InChI=1S/C22H26N4O6/c1-13-24-17(18-8-20(32-26-18)21-12-30-16(10-27)11-31-21)7-19(25-13)22(28)23-9-14-4-3-5-15(6-14)29-2/h3-7,16,20-21,27H,8-12H2,1-2H3,(H,23,28)/t16-,20?,21-/m1/s1. The van der Waals surface area contributed by atoms with Gasteiger partial charge in [-0.15, -0.1) is 0 Å². The van der Waals surface area contributed by atoms with Crippen LogP contribution in [0.5, 0.6) is 5.75 Å². The van der Waals surface area contributed by atoms with Crippen molar-refractivity contribution in [2.75, 3.05) is 26.9 Å². The van der Waals surface area contributed by atoms with Crippen LogP contribution in [0, 0.1) is 6.92 Å². The molecule has 10 heteroatoms. The molecule has 1 aromatic heterocycles. The first-order valence-electron chi connectivity index (χ1n) is 10.4. The van der Waals surface area contributed by atoms with Crippen LogP contribution in [0.3, 0.4) is 0 Å². The fourth-order valence-corrected chi connectivity index (χ4v) is 3.51. The highest BCUT2D eigenvalue weighted by molar-refractivity contribution is 6.02. The largest absolute Gasteiger partial charge is 0.497 e. The summed E-state index contributed by atoms with van der Waals surface area (Å²) in [6.07, 6.45) is -0.437. The van der Waals surface area contributed by atoms with Gasteiger partial charge in [-0.25, -0.2) is 9.97 Å². The number of methoxy groups -OCH3 is 1. The topological polar surface area (TPSA) is 124 Å². The van der Waals surface area contributed by atoms with Crippen molar-refractivity contribution in [3.8, 4) is 5.75 Å². The first-order chi connectivity index (χ1) is 15.6. The van der Waals surface area contributed by atoms with Crippen molar-refractivity contribution in [1.82, 2.24) is 15.3 Å². The number of aryl methyl sites for hydroxylation is 1. The van der Waals surface area contributed by atoms with Crippen molar-refractivity contribution >= 4 is 11.6 Å². The summed E-state index contributed by atoms with van der Waals surface area (Å²) in [5.74, 6) is 0.878. The van der Waals surface area contributed by atoms with Crippen molar-refractivity contribution in [2.45, 2.75) is 38.2 Å². The number of oxime groups is 1. The lowest BCUT2D eigenvalue weighted by molar-refractivity contribution is -0.178. The number of ether oxygens (including phenoxy) is 3. The minimum Gasteiger partial charge on any atom is -0.497 e. The maximum Gasteiger partial charge on any atom is 0.270 e. The van der Waals surface area contributed by atoms with Crippen molar-refractivity contribution in [1.29, 1.82) is 0 Å². The normalized spacial score (nSPS) is 22.7. The number of carbonyl (C=O) groups is 1. The van der Waals surface area contributed by atoms with Gasteiger partial charge in [0.25, 0.3) is 5.91 Å². The van der Waals surface area contributed by atoms with E-state index in [4.69, 9.17) is 24.2 Å². The number of aliphatic hydroxyl groups excluding tert-OH is 1. The molecule has 10 nitrogen and oxygen atoms in total. The summed E-state index contributed by atoms with van der Waals surface area (Å²) in [4.78, 5) is 26.9. The van der Waals surface area contributed by atoms with Crippen LogP contribution in [0.15, 0.2) is 35.5 Å². The maximum absolute atomic E-state index is 12.7. The van der Waals surface area contributed by atoms with E-state index >= 15 is 0 Å². The third-order valence-corrected chi connectivity index (χ3v) is 5.26. The predicted molar refractivity (Wildman–Crippen MR) is 114 cm³/mol. The van der Waals surface area contributed by atoms with Gasteiger partial charge in [0.2, 0.25) is 0 Å². The van der Waals surface area contributed by atoms with Crippen LogP contribution in [0.25, 0.3) is 0 Å². The highest BCUT2D eigenvalue weighted by Gasteiger charge is 2.35. The Morgan fingerprint density at radius 2 is 2.09 bits per heavy atom. The quantitative estimate of drug-likeness (QED) is 0.651. The van der Waals surface area contributed by atoms with E-state index < -0.39 is 0 Å². The molecule has 0 saturated carbocycles. The highest BCUT2D eigenvalue weighted by Crippen LogP contribution is 2.23. The predicted octanol–water partition coefficient (Wildman–Crippen LogP) is 0.993.